The van der Waals surface area contributed by atoms with Gasteiger partial charge in [-0.05, 0) is 55.8 Å². The smallest absolute Gasteiger partial charge is 0.411 e. The fourth-order valence-corrected chi connectivity index (χ4v) is 5.24. The molecule has 11 heteroatoms. The fourth-order valence-electron chi connectivity index (χ4n) is 4.82. The number of alkyl halides is 2. The quantitative estimate of drug-likeness (QED) is 0.352. The highest BCUT2D eigenvalue weighted by molar-refractivity contribution is 6.43. The topological polar surface area (TPSA) is 50.3 Å². The van der Waals surface area contributed by atoms with Crippen LogP contribution < -0.4 is 14.7 Å². The monoisotopic (exact) mass is 576 g/mol. The first-order valence-corrected chi connectivity index (χ1v) is 13.1. The van der Waals surface area contributed by atoms with Crippen LogP contribution in [-0.4, -0.2) is 74.4 Å². The lowest BCUT2D eigenvalue weighted by Gasteiger charge is -2.36. The number of hydrogen-bond acceptors (Lipinski definition) is 4. The minimum atomic E-state index is -2.59. The standard InChI is InChI=1S/C26H32Cl2F2N4O2.ClH/c27-22-4-3-5-23(24(22)28)33-18-16-31(17-19-33)12-1-2-13-34(25(35)36)21-8-6-20(7-9-21)32-14-10-26(29,30)11-15-32;/h3-9H,1-2,10-19H2,(H,35,36);1H. The summed E-state index contributed by atoms with van der Waals surface area (Å²) in [5, 5.41) is 10.9. The van der Waals surface area contributed by atoms with Gasteiger partial charge in [0.25, 0.3) is 5.92 Å². The van der Waals surface area contributed by atoms with Crippen molar-refractivity contribution in [3.63, 3.8) is 0 Å². The van der Waals surface area contributed by atoms with Gasteiger partial charge in [0.05, 0.1) is 15.7 Å². The second kappa shape index (κ2) is 13.2. The van der Waals surface area contributed by atoms with Crippen molar-refractivity contribution < 1.29 is 18.7 Å². The van der Waals surface area contributed by atoms with E-state index < -0.39 is 12.0 Å². The summed E-state index contributed by atoms with van der Waals surface area (Å²) in [5.41, 5.74) is 2.41. The van der Waals surface area contributed by atoms with Crippen molar-refractivity contribution in [2.75, 3.05) is 67.1 Å². The molecule has 37 heavy (non-hydrogen) atoms. The predicted molar refractivity (Wildman–Crippen MR) is 150 cm³/mol. The van der Waals surface area contributed by atoms with Crippen molar-refractivity contribution in [1.29, 1.82) is 0 Å². The maximum atomic E-state index is 13.4. The van der Waals surface area contributed by atoms with E-state index in [2.05, 4.69) is 9.80 Å². The van der Waals surface area contributed by atoms with Gasteiger partial charge in [-0.2, -0.15) is 0 Å². The number of piperazine rings is 1. The number of amides is 1. The van der Waals surface area contributed by atoms with Crippen LogP contribution in [0.25, 0.3) is 0 Å². The van der Waals surface area contributed by atoms with Crippen molar-refractivity contribution in [2.24, 2.45) is 0 Å². The molecule has 2 aromatic carbocycles. The molecule has 2 fully saturated rings. The SMILES string of the molecule is Cl.O=C(O)N(CCCCN1CCN(c2cccc(Cl)c2Cl)CC1)c1ccc(N2CCC(F)(F)CC2)cc1. The zero-order valence-electron chi connectivity index (χ0n) is 20.6. The molecule has 2 heterocycles. The van der Waals surface area contributed by atoms with Gasteiger partial charge in [-0.25, -0.2) is 13.6 Å². The minimum Gasteiger partial charge on any atom is -0.465 e. The Labute approximate surface area is 233 Å². The number of nitrogens with zero attached hydrogens (tertiary/aromatic N) is 4. The minimum absolute atomic E-state index is 0. The van der Waals surface area contributed by atoms with Crippen molar-refractivity contribution in [3.05, 3.63) is 52.5 Å². The molecular formula is C26H33Cl3F2N4O2. The van der Waals surface area contributed by atoms with Crippen LogP contribution in [-0.2, 0) is 0 Å². The van der Waals surface area contributed by atoms with Gasteiger partial charge in [0.2, 0.25) is 0 Å². The Balaban J connectivity index is 0.00000380. The van der Waals surface area contributed by atoms with Gasteiger partial charge in [-0.15, -0.1) is 12.4 Å². The summed E-state index contributed by atoms with van der Waals surface area (Å²) in [7, 11) is 0. The molecule has 1 amide bonds. The Kier molecular flexibility index (Phi) is 10.5. The summed E-state index contributed by atoms with van der Waals surface area (Å²) in [6.45, 7) is 5.46. The number of benzene rings is 2. The average molecular weight is 578 g/mol. The van der Waals surface area contributed by atoms with E-state index in [0.29, 0.717) is 35.4 Å². The van der Waals surface area contributed by atoms with E-state index in [4.69, 9.17) is 23.2 Å². The van der Waals surface area contributed by atoms with Crippen LogP contribution in [0, 0.1) is 0 Å². The number of unbranched alkanes of at least 4 members (excludes halogenated alkanes) is 1. The van der Waals surface area contributed by atoms with Crippen LogP contribution in [0.3, 0.4) is 0 Å². The summed E-state index contributed by atoms with van der Waals surface area (Å²) in [6.07, 6.45) is 0.336. The Morgan fingerprint density at radius 2 is 1.57 bits per heavy atom. The van der Waals surface area contributed by atoms with Crippen LogP contribution >= 0.6 is 35.6 Å². The number of rotatable bonds is 8. The Hall–Kier alpha value is -2.00. The highest BCUT2D eigenvalue weighted by Gasteiger charge is 2.34. The molecule has 6 nitrogen and oxygen atoms in total. The largest absolute Gasteiger partial charge is 0.465 e. The van der Waals surface area contributed by atoms with E-state index in [9.17, 15) is 18.7 Å². The molecule has 0 aromatic heterocycles. The van der Waals surface area contributed by atoms with Gasteiger partial charge < -0.3 is 14.9 Å². The molecular weight excluding hydrogens is 545 g/mol. The van der Waals surface area contributed by atoms with E-state index in [0.717, 1.165) is 56.9 Å². The van der Waals surface area contributed by atoms with Crippen molar-refractivity contribution in [2.45, 2.75) is 31.6 Å². The summed E-state index contributed by atoms with van der Waals surface area (Å²) in [4.78, 5) is 19.8. The molecule has 0 aliphatic carbocycles. The molecule has 2 saturated heterocycles. The first-order valence-electron chi connectivity index (χ1n) is 12.4. The van der Waals surface area contributed by atoms with Gasteiger partial charge in [-0.1, -0.05) is 29.3 Å². The van der Waals surface area contributed by atoms with Gasteiger partial charge >= 0.3 is 6.09 Å². The molecule has 1 N–H and O–H groups in total. The number of anilines is 3. The summed E-state index contributed by atoms with van der Waals surface area (Å²) < 4.78 is 26.8. The van der Waals surface area contributed by atoms with Crippen LogP contribution in [0.5, 0.6) is 0 Å². The zero-order valence-corrected chi connectivity index (χ0v) is 22.9. The summed E-state index contributed by atoms with van der Waals surface area (Å²) >= 11 is 12.5. The lowest BCUT2D eigenvalue weighted by molar-refractivity contribution is -0.0220. The highest BCUT2D eigenvalue weighted by Crippen LogP contribution is 2.33. The molecule has 2 aromatic rings. The summed E-state index contributed by atoms with van der Waals surface area (Å²) in [6, 6.07) is 12.8. The molecule has 0 radical (unpaired) electrons. The lowest BCUT2D eigenvalue weighted by Crippen LogP contribution is -2.46. The molecule has 0 atom stereocenters. The Bertz CT molecular complexity index is 1030. The van der Waals surface area contributed by atoms with Gasteiger partial charge in [0.1, 0.15) is 0 Å². The van der Waals surface area contributed by atoms with Gasteiger partial charge in [0, 0.05) is 70.0 Å². The van der Waals surface area contributed by atoms with Crippen molar-refractivity contribution >= 4 is 58.8 Å². The zero-order chi connectivity index (χ0) is 25.7. The number of piperidine rings is 1. The molecule has 0 unspecified atom stereocenters. The number of carboxylic acid groups (broad SMARTS) is 1. The van der Waals surface area contributed by atoms with E-state index in [1.54, 1.807) is 18.2 Å². The van der Waals surface area contributed by atoms with Crippen molar-refractivity contribution in [1.82, 2.24) is 4.90 Å². The van der Waals surface area contributed by atoms with E-state index >= 15 is 0 Å². The van der Waals surface area contributed by atoms with Gasteiger partial charge in [0.15, 0.2) is 0 Å². The normalized spacial score (nSPS) is 17.8. The summed E-state index contributed by atoms with van der Waals surface area (Å²) in [5.74, 6) is -2.59. The van der Waals surface area contributed by atoms with E-state index in [1.165, 1.54) is 4.90 Å². The number of carbonyl (C=O) groups is 1. The predicted octanol–water partition coefficient (Wildman–Crippen LogP) is 6.74. The molecule has 2 aliphatic rings. The van der Waals surface area contributed by atoms with E-state index in [1.807, 2.05) is 29.2 Å². The maximum absolute atomic E-state index is 13.4. The lowest BCUT2D eigenvalue weighted by atomic mass is 10.1. The third-order valence-corrected chi connectivity index (χ3v) is 7.81. The van der Waals surface area contributed by atoms with Crippen LogP contribution in [0.2, 0.25) is 10.0 Å². The number of halogens is 5. The molecule has 0 saturated carbocycles. The molecule has 0 spiro atoms. The first kappa shape index (κ1) is 29.6. The third-order valence-electron chi connectivity index (χ3n) is 7.00. The Morgan fingerprint density at radius 1 is 0.919 bits per heavy atom. The second-order valence-electron chi connectivity index (χ2n) is 9.40. The van der Waals surface area contributed by atoms with Crippen molar-refractivity contribution in [3.8, 4) is 0 Å². The third kappa shape index (κ3) is 7.76. The second-order valence-corrected chi connectivity index (χ2v) is 10.2. The molecule has 0 bridgehead atoms. The average Bonchev–Trinajstić information content (AvgIpc) is 2.86. The van der Waals surface area contributed by atoms with Crippen LogP contribution in [0.4, 0.5) is 30.6 Å². The Morgan fingerprint density at radius 3 is 2.19 bits per heavy atom. The van der Waals surface area contributed by atoms with Crippen LogP contribution in [0.1, 0.15) is 25.7 Å². The fraction of sp³-hybridized carbons (Fsp3) is 0.500. The molecule has 4 rings (SSSR count). The van der Waals surface area contributed by atoms with Crippen LogP contribution in [0.15, 0.2) is 42.5 Å². The van der Waals surface area contributed by atoms with E-state index in [-0.39, 0.29) is 25.2 Å². The number of hydrogen-bond donors (Lipinski definition) is 1. The first-order chi connectivity index (χ1) is 17.2. The van der Waals surface area contributed by atoms with Gasteiger partial charge in [-0.3, -0.25) is 9.80 Å². The molecule has 204 valence electrons. The highest BCUT2D eigenvalue weighted by atomic mass is 35.5. The maximum Gasteiger partial charge on any atom is 0.411 e. The molecule has 2 aliphatic heterocycles.